The maximum atomic E-state index is 9.51. The summed E-state index contributed by atoms with van der Waals surface area (Å²) in [6, 6.07) is 18.7. The van der Waals surface area contributed by atoms with Crippen LogP contribution < -0.4 is 5.32 Å². The number of rotatable bonds is 3. The Labute approximate surface area is 123 Å². The number of phenols is 1. The van der Waals surface area contributed by atoms with Gasteiger partial charge in [-0.1, -0.05) is 36.4 Å². The lowest BCUT2D eigenvalue weighted by Crippen LogP contribution is -1.99. The summed E-state index contributed by atoms with van der Waals surface area (Å²) < 4.78 is 0. The lowest BCUT2D eigenvalue weighted by atomic mass is 10.2. The van der Waals surface area contributed by atoms with Crippen LogP contribution in [0.4, 0.5) is 11.5 Å². The van der Waals surface area contributed by atoms with Crippen LogP contribution in [0.3, 0.4) is 0 Å². The minimum Gasteiger partial charge on any atom is -0.508 e. The van der Waals surface area contributed by atoms with E-state index in [2.05, 4.69) is 15.3 Å². The van der Waals surface area contributed by atoms with Crippen molar-refractivity contribution >= 4 is 11.5 Å². The summed E-state index contributed by atoms with van der Waals surface area (Å²) in [4.78, 5) is 8.99. The number of nitrogens with zero attached hydrogens (tertiary/aromatic N) is 2. The Bertz CT molecular complexity index is 757. The topological polar surface area (TPSA) is 58.0 Å². The van der Waals surface area contributed by atoms with Crippen LogP contribution in [0.1, 0.15) is 5.69 Å². The number of aryl methyl sites for hydroxylation is 1. The molecular formula is C17H15N3O. The molecule has 4 heteroatoms. The number of hydrogen-bond acceptors (Lipinski definition) is 4. The molecule has 0 fully saturated rings. The molecule has 0 amide bonds. The SMILES string of the molecule is Cc1cc(Nc2cccc(O)c2)nc(-c2ccccc2)n1. The highest BCUT2D eigenvalue weighted by atomic mass is 16.3. The molecule has 0 aliphatic carbocycles. The lowest BCUT2D eigenvalue weighted by molar-refractivity contribution is 0.475. The highest BCUT2D eigenvalue weighted by Crippen LogP contribution is 2.22. The second-order valence-corrected chi connectivity index (χ2v) is 4.76. The predicted octanol–water partition coefficient (Wildman–Crippen LogP) is 3.90. The van der Waals surface area contributed by atoms with E-state index in [0.29, 0.717) is 11.6 Å². The third-order valence-electron chi connectivity index (χ3n) is 3.00. The molecule has 3 aromatic rings. The Kier molecular flexibility index (Phi) is 3.51. The fraction of sp³-hybridized carbons (Fsp3) is 0.0588. The van der Waals surface area contributed by atoms with Gasteiger partial charge in [-0.2, -0.15) is 0 Å². The quantitative estimate of drug-likeness (QED) is 0.762. The molecule has 0 atom stereocenters. The van der Waals surface area contributed by atoms with Gasteiger partial charge in [0.15, 0.2) is 5.82 Å². The summed E-state index contributed by atoms with van der Waals surface area (Å²) in [6.45, 7) is 1.93. The zero-order valence-corrected chi connectivity index (χ0v) is 11.6. The first-order valence-electron chi connectivity index (χ1n) is 6.68. The molecule has 0 spiro atoms. The average Bonchev–Trinajstić information content (AvgIpc) is 2.47. The third kappa shape index (κ3) is 3.17. The van der Waals surface area contributed by atoms with Gasteiger partial charge in [0, 0.05) is 29.1 Å². The summed E-state index contributed by atoms with van der Waals surface area (Å²) >= 11 is 0. The molecule has 0 aliphatic rings. The van der Waals surface area contributed by atoms with Crippen LogP contribution in [0.2, 0.25) is 0 Å². The highest BCUT2D eigenvalue weighted by molar-refractivity contribution is 5.62. The standard InChI is InChI=1S/C17H15N3O/c1-12-10-16(19-14-8-5-9-15(21)11-14)20-17(18-12)13-6-3-2-4-7-13/h2-11,21H,1H3,(H,18,19,20). The van der Waals surface area contributed by atoms with E-state index in [1.807, 2.05) is 49.4 Å². The summed E-state index contributed by atoms with van der Waals surface area (Å²) in [5.74, 6) is 1.60. The van der Waals surface area contributed by atoms with Crippen molar-refractivity contribution in [3.63, 3.8) is 0 Å². The number of anilines is 2. The Hall–Kier alpha value is -2.88. The van der Waals surface area contributed by atoms with Crippen LogP contribution in [0.25, 0.3) is 11.4 Å². The lowest BCUT2D eigenvalue weighted by Gasteiger charge is -2.09. The van der Waals surface area contributed by atoms with Gasteiger partial charge in [-0.15, -0.1) is 0 Å². The molecule has 4 nitrogen and oxygen atoms in total. The van der Waals surface area contributed by atoms with Gasteiger partial charge < -0.3 is 10.4 Å². The van der Waals surface area contributed by atoms with Gasteiger partial charge in [0.05, 0.1) is 0 Å². The summed E-state index contributed by atoms with van der Waals surface area (Å²) in [7, 11) is 0. The Balaban J connectivity index is 1.95. The molecule has 0 saturated heterocycles. The maximum absolute atomic E-state index is 9.51. The molecule has 1 heterocycles. The van der Waals surface area contributed by atoms with Crippen LogP contribution in [0.5, 0.6) is 5.75 Å². The molecule has 2 N–H and O–H groups in total. The summed E-state index contributed by atoms with van der Waals surface area (Å²) in [5, 5.41) is 12.7. The van der Waals surface area contributed by atoms with Gasteiger partial charge in [0.1, 0.15) is 11.6 Å². The molecule has 21 heavy (non-hydrogen) atoms. The van der Waals surface area contributed by atoms with Crippen molar-refractivity contribution in [2.45, 2.75) is 6.92 Å². The van der Waals surface area contributed by atoms with Crippen LogP contribution >= 0.6 is 0 Å². The van der Waals surface area contributed by atoms with Gasteiger partial charge in [0.25, 0.3) is 0 Å². The van der Waals surface area contributed by atoms with Crippen molar-refractivity contribution in [3.8, 4) is 17.1 Å². The van der Waals surface area contributed by atoms with Crippen LogP contribution in [-0.2, 0) is 0 Å². The van der Waals surface area contributed by atoms with Crippen LogP contribution in [0, 0.1) is 6.92 Å². The minimum absolute atomic E-state index is 0.217. The molecular weight excluding hydrogens is 262 g/mol. The van der Waals surface area contributed by atoms with E-state index >= 15 is 0 Å². The van der Waals surface area contributed by atoms with Crippen molar-refractivity contribution in [1.82, 2.24) is 9.97 Å². The van der Waals surface area contributed by atoms with Gasteiger partial charge in [-0.3, -0.25) is 0 Å². The van der Waals surface area contributed by atoms with E-state index in [-0.39, 0.29) is 5.75 Å². The average molecular weight is 277 g/mol. The molecule has 0 aliphatic heterocycles. The van der Waals surface area contributed by atoms with E-state index < -0.39 is 0 Å². The summed E-state index contributed by atoms with van der Waals surface area (Å²) in [5.41, 5.74) is 2.64. The zero-order chi connectivity index (χ0) is 14.7. The Morgan fingerprint density at radius 2 is 1.71 bits per heavy atom. The number of benzene rings is 2. The number of hydrogen-bond donors (Lipinski definition) is 2. The molecule has 1 aromatic heterocycles. The van der Waals surface area contributed by atoms with E-state index in [9.17, 15) is 5.11 Å². The number of phenolic OH excluding ortho intramolecular Hbond substituents is 1. The third-order valence-corrected chi connectivity index (χ3v) is 3.00. The molecule has 0 bridgehead atoms. The highest BCUT2D eigenvalue weighted by Gasteiger charge is 2.05. The van der Waals surface area contributed by atoms with E-state index in [0.717, 1.165) is 16.9 Å². The fourth-order valence-electron chi connectivity index (χ4n) is 2.08. The first-order chi connectivity index (χ1) is 10.2. The number of aromatic nitrogens is 2. The fourth-order valence-corrected chi connectivity index (χ4v) is 2.08. The molecule has 0 unspecified atom stereocenters. The largest absolute Gasteiger partial charge is 0.508 e. The van der Waals surface area contributed by atoms with Crippen molar-refractivity contribution in [2.24, 2.45) is 0 Å². The van der Waals surface area contributed by atoms with E-state index in [4.69, 9.17) is 0 Å². The monoisotopic (exact) mass is 277 g/mol. The van der Waals surface area contributed by atoms with Gasteiger partial charge in [-0.25, -0.2) is 9.97 Å². The Morgan fingerprint density at radius 3 is 2.48 bits per heavy atom. The van der Waals surface area contributed by atoms with E-state index in [1.54, 1.807) is 18.2 Å². The first-order valence-corrected chi connectivity index (χ1v) is 6.68. The summed E-state index contributed by atoms with van der Waals surface area (Å²) in [6.07, 6.45) is 0. The normalized spacial score (nSPS) is 10.3. The van der Waals surface area contributed by atoms with Crippen molar-refractivity contribution < 1.29 is 5.11 Å². The van der Waals surface area contributed by atoms with Crippen molar-refractivity contribution in [3.05, 3.63) is 66.4 Å². The maximum Gasteiger partial charge on any atom is 0.161 e. The second kappa shape index (κ2) is 5.63. The smallest absolute Gasteiger partial charge is 0.161 e. The van der Waals surface area contributed by atoms with Crippen LogP contribution in [0.15, 0.2) is 60.7 Å². The van der Waals surface area contributed by atoms with Crippen molar-refractivity contribution in [2.75, 3.05) is 5.32 Å². The first kappa shape index (κ1) is 13.1. The molecule has 2 aromatic carbocycles. The second-order valence-electron chi connectivity index (χ2n) is 4.76. The zero-order valence-electron chi connectivity index (χ0n) is 11.6. The predicted molar refractivity (Wildman–Crippen MR) is 83.6 cm³/mol. The molecule has 0 radical (unpaired) electrons. The molecule has 0 saturated carbocycles. The van der Waals surface area contributed by atoms with Crippen molar-refractivity contribution in [1.29, 1.82) is 0 Å². The van der Waals surface area contributed by atoms with Gasteiger partial charge >= 0.3 is 0 Å². The van der Waals surface area contributed by atoms with E-state index in [1.165, 1.54) is 0 Å². The number of nitrogens with one attached hydrogen (secondary N) is 1. The Morgan fingerprint density at radius 1 is 0.905 bits per heavy atom. The van der Waals surface area contributed by atoms with Gasteiger partial charge in [0.2, 0.25) is 0 Å². The molecule has 104 valence electrons. The van der Waals surface area contributed by atoms with Gasteiger partial charge in [-0.05, 0) is 19.1 Å². The number of aromatic hydroxyl groups is 1. The molecule has 3 rings (SSSR count). The minimum atomic E-state index is 0.217. The van der Waals surface area contributed by atoms with Crippen LogP contribution in [-0.4, -0.2) is 15.1 Å².